The number of nitrogens with zero attached hydrogens (tertiary/aromatic N) is 5. The maximum absolute atomic E-state index is 9.49. The summed E-state index contributed by atoms with van der Waals surface area (Å²) < 4.78 is 2.26. The first-order valence-corrected chi connectivity index (χ1v) is 8.71. The van der Waals surface area contributed by atoms with Crippen LogP contribution < -0.4 is 4.90 Å². The highest BCUT2D eigenvalue weighted by Gasteiger charge is 2.30. The van der Waals surface area contributed by atoms with Crippen LogP contribution in [0.25, 0.3) is 10.9 Å². The third-order valence-corrected chi connectivity index (χ3v) is 4.80. The number of nitriles is 1. The number of aromatic nitrogens is 3. The van der Waals surface area contributed by atoms with Crippen molar-refractivity contribution >= 4 is 16.7 Å². The minimum atomic E-state index is 0.429. The molecule has 1 saturated heterocycles. The van der Waals surface area contributed by atoms with Crippen molar-refractivity contribution in [3.8, 4) is 6.07 Å². The summed E-state index contributed by atoms with van der Waals surface area (Å²) in [5, 5.41) is 10.5. The van der Waals surface area contributed by atoms with Gasteiger partial charge in [0.15, 0.2) is 0 Å². The second kappa shape index (κ2) is 6.21. The predicted molar refractivity (Wildman–Crippen MR) is 98.5 cm³/mol. The summed E-state index contributed by atoms with van der Waals surface area (Å²) in [5.41, 5.74) is 1.60. The average molecular weight is 331 g/mol. The van der Waals surface area contributed by atoms with Gasteiger partial charge in [-0.15, -0.1) is 0 Å². The number of hydrogen-bond acceptors (Lipinski definition) is 4. The molecule has 3 aromatic rings. The van der Waals surface area contributed by atoms with Gasteiger partial charge < -0.3 is 9.47 Å². The van der Waals surface area contributed by atoms with Crippen LogP contribution in [0.2, 0.25) is 0 Å². The average Bonchev–Trinajstić information content (AvgIpc) is 3.05. The van der Waals surface area contributed by atoms with Crippen molar-refractivity contribution in [3.63, 3.8) is 0 Å². The summed E-state index contributed by atoms with van der Waals surface area (Å²) in [6.07, 6.45) is 3.94. The summed E-state index contributed by atoms with van der Waals surface area (Å²) in [6, 6.07) is 12.2. The molecule has 4 rings (SSSR count). The van der Waals surface area contributed by atoms with E-state index in [9.17, 15) is 5.26 Å². The maximum Gasteiger partial charge on any atom is 0.147 e. The summed E-state index contributed by atoms with van der Waals surface area (Å²) in [4.78, 5) is 11.4. The third kappa shape index (κ3) is 2.85. The van der Waals surface area contributed by atoms with Crippen LogP contribution in [-0.4, -0.2) is 27.6 Å². The van der Waals surface area contributed by atoms with Gasteiger partial charge in [-0.05, 0) is 12.1 Å². The standard InChI is InChI=1S/C20H21N5/c1-14(2)19-22-7-8-24(19)11-15-12-25(13-15)20-17(10-21)9-16-5-3-4-6-18(16)23-20/h3-9,14-15H,11-13H2,1-2H3. The van der Waals surface area contributed by atoms with Crippen LogP contribution >= 0.6 is 0 Å². The number of hydrogen-bond donors (Lipinski definition) is 0. The van der Waals surface area contributed by atoms with Gasteiger partial charge in [0.05, 0.1) is 11.1 Å². The van der Waals surface area contributed by atoms with Gasteiger partial charge >= 0.3 is 0 Å². The molecule has 0 saturated carbocycles. The molecule has 0 N–H and O–H groups in total. The zero-order chi connectivity index (χ0) is 17.4. The highest BCUT2D eigenvalue weighted by molar-refractivity contribution is 5.83. The molecule has 5 nitrogen and oxygen atoms in total. The Bertz CT molecular complexity index is 944. The van der Waals surface area contributed by atoms with Gasteiger partial charge in [-0.25, -0.2) is 9.97 Å². The van der Waals surface area contributed by atoms with E-state index >= 15 is 0 Å². The van der Waals surface area contributed by atoms with E-state index < -0.39 is 0 Å². The lowest BCUT2D eigenvalue weighted by molar-refractivity contribution is 0.349. The highest BCUT2D eigenvalue weighted by atomic mass is 15.3. The first-order chi connectivity index (χ1) is 12.2. The number of imidazole rings is 1. The van der Waals surface area contributed by atoms with Gasteiger partial charge in [0.25, 0.3) is 0 Å². The van der Waals surface area contributed by atoms with Crippen molar-refractivity contribution in [2.75, 3.05) is 18.0 Å². The molecule has 1 aromatic carbocycles. The normalized spacial score (nSPS) is 14.7. The zero-order valence-corrected chi connectivity index (χ0v) is 14.6. The molecule has 0 spiro atoms. The summed E-state index contributed by atoms with van der Waals surface area (Å²) in [6.45, 7) is 7.17. The molecular formula is C20H21N5. The number of benzene rings is 1. The van der Waals surface area contributed by atoms with Gasteiger partial charge in [-0.2, -0.15) is 5.26 Å². The summed E-state index contributed by atoms with van der Waals surface area (Å²) in [5.74, 6) is 2.94. The molecule has 0 radical (unpaired) electrons. The lowest BCUT2D eigenvalue weighted by atomic mass is 9.98. The maximum atomic E-state index is 9.49. The van der Waals surface area contributed by atoms with Crippen LogP contribution in [0.15, 0.2) is 42.7 Å². The van der Waals surface area contributed by atoms with E-state index in [0.717, 1.165) is 42.2 Å². The van der Waals surface area contributed by atoms with E-state index in [1.54, 1.807) is 0 Å². The van der Waals surface area contributed by atoms with Crippen LogP contribution in [0.4, 0.5) is 5.82 Å². The van der Waals surface area contributed by atoms with E-state index in [0.29, 0.717) is 17.4 Å². The Kier molecular flexibility index (Phi) is 3.89. The van der Waals surface area contributed by atoms with Crippen LogP contribution in [0.1, 0.15) is 31.2 Å². The smallest absolute Gasteiger partial charge is 0.147 e. The number of anilines is 1. The Morgan fingerprint density at radius 3 is 2.84 bits per heavy atom. The molecule has 25 heavy (non-hydrogen) atoms. The minimum Gasteiger partial charge on any atom is -0.355 e. The van der Waals surface area contributed by atoms with Crippen molar-refractivity contribution < 1.29 is 0 Å². The van der Waals surface area contributed by atoms with Crippen molar-refractivity contribution in [1.82, 2.24) is 14.5 Å². The summed E-state index contributed by atoms with van der Waals surface area (Å²) >= 11 is 0. The Morgan fingerprint density at radius 2 is 2.08 bits per heavy atom. The monoisotopic (exact) mass is 331 g/mol. The topological polar surface area (TPSA) is 57.7 Å². The van der Waals surface area contributed by atoms with Gasteiger partial charge in [0, 0.05) is 49.2 Å². The Morgan fingerprint density at radius 1 is 1.28 bits per heavy atom. The first kappa shape index (κ1) is 15.6. The van der Waals surface area contributed by atoms with E-state index in [2.05, 4.69) is 40.6 Å². The van der Waals surface area contributed by atoms with Crippen molar-refractivity contribution in [1.29, 1.82) is 5.26 Å². The first-order valence-electron chi connectivity index (χ1n) is 8.71. The molecule has 1 aliphatic heterocycles. The van der Waals surface area contributed by atoms with Gasteiger partial charge in [0.1, 0.15) is 17.7 Å². The van der Waals surface area contributed by atoms with Crippen LogP contribution in [0, 0.1) is 17.2 Å². The molecule has 0 aliphatic carbocycles. The molecule has 126 valence electrons. The molecule has 2 aromatic heterocycles. The van der Waals surface area contributed by atoms with E-state index in [1.165, 1.54) is 0 Å². The molecule has 1 fully saturated rings. The molecule has 3 heterocycles. The zero-order valence-electron chi connectivity index (χ0n) is 14.6. The van der Waals surface area contributed by atoms with Crippen LogP contribution in [0.3, 0.4) is 0 Å². The highest BCUT2D eigenvalue weighted by Crippen LogP contribution is 2.30. The van der Waals surface area contributed by atoms with Crippen molar-refractivity contribution in [3.05, 3.63) is 54.1 Å². The number of fused-ring (bicyclic) bond motifs is 1. The fraction of sp³-hybridized carbons (Fsp3) is 0.350. The second-order valence-corrected chi connectivity index (χ2v) is 7.03. The van der Waals surface area contributed by atoms with Crippen molar-refractivity contribution in [2.45, 2.75) is 26.3 Å². The van der Waals surface area contributed by atoms with E-state index in [4.69, 9.17) is 4.98 Å². The molecule has 0 bridgehead atoms. The van der Waals surface area contributed by atoms with Gasteiger partial charge in [0.2, 0.25) is 0 Å². The molecule has 0 unspecified atom stereocenters. The van der Waals surface area contributed by atoms with Gasteiger partial charge in [-0.3, -0.25) is 0 Å². The molecule has 1 aliphatic rings. The fourth-order valence-corrected chi connectivity index (χ4v) is 3.54. The Balaban J connectivity index is 1.51. The Labute approximate surface area is 147 Å². The molecular weight excluding hydrogens is 310 g/mol. The molecule has 0 amide bonds. The molecule has 0 atom stereocenters. The second-order valence-electron chi connectivity index (χ2n) is 7.03. The lowest BCUT2D eigenvalue weighted by Gasteiger charge is -2.41. The molecule has 5 heteroatoms. The number of pyridine rings is 1. The summed E-state index contributed by atoms with van der Waals surface area (Å²) in [7, 11) is 0. The van der Waals surface area contributed by atoms with E-state index in [-0.39, 0.29) is 0 Å². The fourth-order valence-electron chi connectivity index (χ4n) is 3.54. The number of para-hydroxylation sites is 1. The Hall–Kier alpha value is -2.87. The van der Waals surface area contributed by atoms with Crippen LogP contribution in [-0.2, 0) is 6.54 Å². The SMILES string of the molecule is CC(C)c1nccn1CC1CN(c2nc3ccccc3cc2C#N)C1. The lowest BCUT2D eigenvalue weighted by Crippen LogP contribution is -2.49. The van der Waals surface area contributed by atoms with Crippen LogP contribution in [0.5, 0.6) is 0 Å². The third-order valence-electron chi connectivity index (χ3n) is 4.80. The van der Waals surface area contributed by atoms with E-state index in [1.807, 2.05) is 36.5 Å². The quantitative estimate of drug-likeness (QED) is 0.733. The largest absolute Gasteiger partial charge is 0.355 e. The van der Waals surface area contributed by atoms with Gasteiger partial charge in [-0.1, -0.05) is 32.0 Å². The number of rotatable bonds is 4. The minimum absolute atomic E-state index is 0.429. The predicted octanol–water partition coefficient (Wildman–Crippen LogP) is 3.56. The van der Waals surface area contributed by atoms with Crippen molar-refractivity contribution in [2.24, 2.45) is 5.92 Å².